The van der Waals surface area contributed by atoms with E-state index in [9.17, 15) is 4.79 Å². The first-order valence-corrected chi connectivity index (χ1v) is 17.0. The summed E-state index contributed by atoms with van der Waals surface area (Å²) in [6.07, 6.45) is 9.34. The zero-order valence-electron chi connectivity index (χ0n) is 14.0. The molecular weight excluding hydrogens is 353 g/mol. The first-order valence-electron chi connectivity index (χ1n) is 8.95. The second kappa shape index (κ2) is 10.1. The van der Waals surface area contributed by atoms with Gasteiger partial charge in [0.05, 0.1) is 0 Å². The van der Waals surface area contributed by atoms with Crippen molar-refractivity contribution >= 4 is 24.3 Å². The Hall–Kier alpha value is 0.269. The Bertz CT molecular complexity index is 258. The van der Waals surface area contributed by atoms with Crippen LogP contribution >= 0.6 is 0 Å². The third kappa shape index (κ3) is 5.95. The van der Waals surface area contributed by atoms with E-state index < -0.39 is 18.4 Å². The molecule has 0 aliphatic carbocycles. The van der Waals surface area contributed by atoms with E-state index in [1.54, 1.807) is 0 Å². The molecule has 1 aliphatic heterocycles. The second-order valence-corrected chi connectivity index (χ2v) is 20.8. The molecule has 0 spiro atoms. The Morgan fingerprint density at radius 2 is 1.50 bits per heavy atom. The third-order valence-electron chi connectivity index (χ3n) is 5.02. The molecular formula is C17H35NOSn. The standard InChI is InChI=1S/C5H8NO.3C4H9.Sn/c1-4-2-3-6-5(4)7;3*1-3-4-2;/h4H,1-3H2,(H,6,7);3*1,3-4H2,2H3;. The van der Waals surface area contributed by atoms with Crippen LogP contribution in [0.5, 0.6) is 0 Å². The molecule has 1 unspecified atom stereocenters. The fraction of sp³-hybridized carbons (Fsp3) is 0.941. The van der Waals surface area contributed by atoms with Crippen molar-refractivity contribution in [1.82, 2.24) is 5.32 Å². The molecule has 1 atom stereocenters. The summed E-state index contributed by atoms with van der Waals surface area (Å²) < 4.78 is 5.96. The summed E-state index contributed by atoms with van der Waals surface area (Å²) >= 11 is -2.08. The van der Waals surface area contributed by atoms with Crippen LogP contribution in [0.2, 0.25) is 17.7 Å². The summed E-state index contributed by atoms with van der Waals surface area (Å²) in [4.78, 5) is 12.0. The molecule has 0 radical (unpaired) electrons. The number of hydrogen-bond donors (Lipinski definition) is 1. The van der Waals surface area contributed by atoms with Crippen molar-refractivity contribution in [2.45, 2.75) is 83.5 Å². The Morgan fingerprint density at radius 3 is 1.85 bits per heavy atom. The van der Waals surface area contributed by atoms with E-state index in [-0.39, 0.29) is 0 Å². The Morgan fingerprint density at radius 1 is 1.00 bits per heavy atom. The number of amides is 1. The topological polar surface area (TPSA) is 29.1 Å². The van der Waals surface area contributed by atoms with E-state index in [0.717, 1.165) is 13.0 Å². The normalized spacial score (nSPS) is 19.4. The van der Waals surface area contributed by atoms with Crippen molar-refractivity contribution in [3.05, 3.63) is 0 Å². The predicted octanol–water partition coefficient (Wildman–Crippen LogP) is 4.97. The average Bonchev–Trinajstić information content (AvgIpc) is 2.85. The van der Waals surface area contributed by atoms with Crippen LogP contribution in [0.15, 0.2) is 0 Å². The Labute approximate surface area is 130 Å². The summed E-state index contributed by atoms with van der Waals surface area (Å²) in [5.74, 6) is 0.756. The van der Waals surface area contributed by atoms with Gasteiger partial charge in [-0.05, 0) is 0 Å². The molecule has 0 bridgehead atoms. The van der Waals surface area contributed by atoms with Gasteiger partial charge in [-0.15, -0.1) is 0 Å². The van der Waals surface area contributed by atoms with Crippen molar-refractivity contribution in [2.75, 3.05) is 6.54 Å². The van der Waals surface area contributed by atoms with Crippen LogP contribution in [0, 0.1) is 5.92 Å². The average molecular weight is 388 g/mol. The van der Waals surface area contributed by atoms with E-state index in [1.165, 1.54) is 56.3 Å². The first-order chi connectivity index (χ1) is 9.67. The first kappa shape index (κ1) is 18.3. The fourth-order valence-electron chi connectivity index (χ4n) is 3.70. The van der Waals surface area contributed by atoms with E-state index in [2.05, 4.69) is 26.1 Å². The van der Waals surface area contributed by atoms with Crippen LogP contribution in [0.25, 0.3) is 0 Å². The fourth-order valence-corrected chi connectivity index (χ4v) is 21.1. The van der Waals surface area contributed by atoms with Crippen LogP contribution in [-0.2, 0) is 4.79 Å². The third-order valence-corrected chi connectivity index (χ3v) is 21.0. The molecule has 1 amide bonds. The molecule has 20 heavy (non-hydrogen) atoms. The van der Waals surface area contributed by atoms with Crippen molar-refractivity contribution in [1.29, 1.82) is 0 Å². The molecule has 3 heteroatoms. The molecule has 0 aromatic rings. The van der Waals surface area contributed by atoms with Gasteiger partial charge in [0.1, 0.15) is 0 Å². The Balaban J connectivity index is 2.72. The van der Waals surface area contributed by atoms with Crippen LogP contribution < -0.4 is 5.32 Å². The molecule has 118 valence electrons. The summed E-state index contributed by atoms with van der Waals surface area (Å²) in [6, 6.07) is 0. The van der Waals surface area contributed by atoms with E-state index in [0.29, 0.717) is 11.8 Å². The Kier molecular flexibility index (Phi) is 9.22. The molecule has 2 nitrogen and oxygen atoms in total. The van der Waals surface area contributed by atoms with Gasteiger partial charge in [-0.25, -0.2) is 0 Å². The van der Waals surface area contributed by atoms with Gasteiger partial charge < -0.3 is 0 Å². The maximum absolute atomic E-state index is 12.0. The van der Waals surface area contributed by atoms with Gasteiger partial charge in [0.15, 0.2) is 0 Å². The van der Waals surface area contributed by atoms with Crippen LogP contribution in [0.3, 0.4) is 0 Å². The van der Waals surface area contributed by atoms with Crippen molar-refractivity contribution < 1.29 is 4.79 Å². The molecule has 1 rings (SSSR count). The molecule has 1 aliphatic rings. The van der Waals surface area contributed by atoms with Gasteiger partial charge in [-0.2, -0.15) is 0 Å². The van der Waals surface area contributed by atoms with E-state index in [1.807, 2.05) is 0 Å². The molecule has 1 fully saturated rings. The quantitative estimate of drug-likeness (QED) is 0.498. The van der Waals surface area contributed by atoms with Crippen molar-refractivity contribution in [3.8, 4) is 0 Å². The molecule has 0 saturated carbocycles. The minimum atomic E-state index is -2.08. The summed E-state index contributed by atoms with van der Waals surface area (Å²) in [5, 5.41) is 3.06. The van der Waals surface area contributed by atoms with E-state index >= 15 is 0 Å². The molecule has 0 aromatic carbocycles. The van der Waals surface area contributed by atoms with Crippen LogP contribution in [-0.4, -0.2) is 30.8 Å². The molecule has 1 N–H and O–H groups in total. The number of unbranched alkanes of at least 4 members (excludes halogenated alkanes) is 3. The molecule has 1 heterocycles. The minimum absolute atomic E-state index is 0.371. The summed E-state index contributed by atoms with van der Waals surface area (Å²) in [7, 11) is 0. The number of hydrogen-bond acceptors (Lipinski definition) is 1. The molecule has 1 saturated heterocycles. The summed E-state index contributed by atoms with van der Waals surface area (Å²) in [6.45, 7) is 7.89. The van der Waals surface area contributed by atoms with Crippen molar-refractivity contribution in [3.63, 3.8) is 0 Å². The maximum atomic E-state index is 12.0. The van der Waals surface area contributed by atoms with Gasteiger partial charge in [0.25, 0.3) is 0 Å². The number of nitrogens with one attached hydrogen (secondary N) is 1. The predicted molar refractivity (Wildman–Crippen MR) is 90.8 cm³/mol. The second-order valence-electron chi connectivity index (χ2n) is 6.79. The van der Waals surface area contributed by atoms with Gasteiger partial charge in [0, 0.05) is 0 Å². The SMILES string of the molecule is CCC[CH2][Sn]([CH2]CCC)([CH2]CCC)[CH2]C1CCNC1=O. The number of carbonyl (C=O) groups is 1. The summed E-state index contributed by atoms with van der Waals surface area (Å²) in [5.41, 5.74) is 0. The van der Waals surface area contributed by atoms with Gasteiger partial charge in [0.2, 0.25) is 0 Å². The van der Waals surface area contributed by atoms with Crippen LogP contribution in [0.1, 0.15) is 65.7 Å². The van der Waals surface area contributed by atoms with Gasteiger partial charge in [-0.1, -0.05) is 0 Å². The number of rotatable bonds is 11. The zero-order valence-corrected chi connectivity index (χ0v) is 16.8. The monoisotopic (exact) mass is 389 g/mol. The van der Waals surface area contributed by atoms with E-state index in [4.69, 9.17) is 0 Å². The van der Waals surface area contributed by atoms with Gasteiger partial charge in [-0.3, -0.25) is 0 Å². The number of carbonyl (C=O) groups excluding carboxylic acids is 1. The molecule has 0 aromatic heterocycles. The van der Waals surface area contributed by atoms with Crippen molar-refractivity contribution in [2.24, 2.45) is 5.92 Å². The van der Waals surface area contributed by atoms with Crippen LogP contribution in [0.4, 0.5) is 0 Å². The van der Waals surface area contributed by atoms with Gasteiger partial charge >= 0.3 is 130 Å². The zero-order chi connectivity index (χ0) is 14.8.